The highest BCUT2D eigenvalue weighted by molar-refractivity contribution is 5.81. The third-order valence-corrected chi connectivity index (χ3v) is 2.70. The van der Waals surface area contributed by atoms with Gasteiger partial charge in [-0.3, -0.25) is 5.43 Å². The number of benzene rings is 2. The molecule has 5 nitrogen and oxygen atoms in total. The van der Waals surface area contributed by atoms with Crippen LogP contribution in [-0.4, -0.2) is 25.5 Å². The van der Waals surface area contributed by atoms with E-state index in [-0.39, 0.29) is 5.75 Å². The fourth-order valence-corrected chi connectivity index (χ4v) is 1.63. The smallest absolute Gasteiger partial charge is 0.160 e. The van der Waals surface area contributed by atoms with E-state index < -0.39 is 0 Å². The Morgan fingerprint density at radius 1 is 1.05 bits per heavy atom. The van der Waals surface area contributed by atoms with Crippen LogP contribution in [0, 0.1) is 0 Å². The largest absolute Gasteiger partial charge is 0.504 e. The van der Waals surface area contributed by atoms with Gasteiger partial charge in [0, 0.05) is 0 Å². The van der Waals surface area contributed by atoms with Crippen LogP contribution < -0.4 is 14.9 Å². The Labute approximate surface area is 117 Å². The highest BCUT2D eigenvalue weighted by atomic mass is 16.5. The van der Waals surface area contributed by atoms with Gasteiger partial charge in [-0.15, -0.1) is 0 Å². The minimum Gasteiger partial charge on any atom is -0.504 e. The molecule has 0 saturated carbocycles. The van der Waals surface area contributed by atoms with Crippen LogP contribution in [-0.2, 0) is 0 Å². The predicted octanol–water partition coefficient (Wildman–Crippen LogP) is 2.86. The Kier molecular flexibility index (Phi) is 4.44. The molecule has 0 spiro atoms. The van der Waals surface area contributed by atoms with Gasteiger partial charge < -0.3 is 14.6 Å². The van der Waals surface area contributed by atoms with Gasteiger partial charge in [-0.2, -0.15) is 5.10 Å². The maximum atomic E-state index is 9.64. The molecule has 2 rings (SSSR count). The second-order valence-corrected chi connectivity index (χ2v) is 4.03. The summed E-state index contributed by atoms with van der Waals surface area (Å²) in [4.78, 5) is 0. The number of nitrogens with one attached hydrogen (secondary N) is 1. The number of ether oxygens (including phenoxy) is 2. The molecule has 2 aromatic carbocycles. The van der Waals surface area contributed by atoms with Crippen molar-refractivity contribution in [1.82, 2.24) is 0 Å². The lowest BCUT2D eigenvalue weighted by atomic mass is 10.2. The monoisotopic (exact) mass is 272 g/mol. The van der Waals surface area contributed by atoms with Crippen molar-refractivity contribution in [2.45, 2.75) is 0 Å². The van der Waals surface area contributed by atoms with Gasteiger partial charge in [0.25, 0.3) is 0 Å². The van der Waals surface area contributed by atoms with Crippen LogP contribution in [0.15, 0.2) is 47.6 Å². The number of aromatic hydroxyl groups is 1. The number of anilines is 1. The average Bonchev–Trinajstić information content (AvgIpc) is 2.48. The maximum absolute atomic E-state index is 9.64. The first-order valence-electron chi connectivity index (χ1n) is 6.03. The van der Waals surface area contributed by atoms with E-state index >= 15 is 0 Å². The summed E-state index contributed by atoms with van der Waals surface area (Å²) in [6.07, 6.45) is 1.61. The zero-order valence-electron chi connectivity index (χ0n) is 11.3. The lowest BCUT2D eigenvalue weighted by Gasteiger charge is -2.04. The van der Waals surface area contributed by atoms with Crippen LogP contribution in [0.3, 0.4) is 0 Å². The summed E-state index contributed by atoms with van der Waals surface area (Å²) in [5, 5.41) is 13.7. The Morgan fingerprint density at radius 3 is 2.40 bits per heavy atom. The number of nitrogens with zero attached hydrogens (tertiary/aromatic N) is 1. The van der Waals surface area contributed by atoms with E-state index in [2.05, 4.69) is 10.5 Å². The summed E-state index contributed by atoms with van der Waals surface area (Å²) < 4.78 is 10.0. The third kappa shape index (κ3) is 3.41. The molecule has 0 atom stereocenters. The van der Waals surface area contributed by atoms with E-state index in [0.29, 0.717) is 5.75 Å². The van der Waals surface area contributed by atoms with Gasteiger partial charge in [0.2, 0.25) is 0 Å². The molecule has 0 radical (unpaired) electrons. The molecule has 5 heteroatoms. The highest BCUT2D eigenvalue weighted by Crippen LogP contribution is 2.25. The molecule has 0 heterocycles. The summed E-state index contributed by atoms with van der Waals surface area (Å²) in [7, 11) is 3.13. The fraction of sp³-hybridized carbons (Fsp3) is 0.133. The van der Waals surface area contributed by atoms with Gasteiger partial charge in [-0.05, 0) is 48.0 Å². The van der Waals surface area contributed by atoms with Crippen molar-refractivity contribution < 1.29 is 14.6 Å². The number of hydrogen-bond donors (Lipinski definition) is 2. The Morgan fingerprint density at radius 2 is 1.80 bits per heavy atom. The summed E-state index contributed by atoms with van der Waals surface area (Å²) in [6, 6.07) is 12.5. The van der Waals surface area contributed by atoms with Gasteiger partial charge >= 0.3 is 0 Å². The molecular weight excluding hydrogens is 256 g/mol. The number of hydrogen-bond acceptors (Lipinski definition) is 5. The molecular formula is C15H16N2O3. The maximum Gasteiger partial charge on any atom is 0.160 e. The van der Waals surface area contributed by atoms with E-state index in [0.717, 1.165) is 17.0 Å². The molecule has 2 N–H and O–H groups in total. The van der Waals surface area contributed by atoms with E-state index in [4.69, 9.17) is 9.47 Å². The molecule has 20 heavy (non-hydrogen) atoms. The molecule has 104 valence electrons. The second-order valence-electron chi connectivity index (χ2n) is 4.03. The molecule has 0 aliphatic heterocycles. The van der Waals surface area contributed by atoms with E-state index in [1.54, 1.807) is 31.5 Å². The van der Waals surface area contributed by atoms with E-state index in [9.17, 15) is 5.11 Å². The minimum absolute atomic E-state index is 0.0842. The SMILES string of the molecule is COc1ccc(N/N=C/c2ccc(OC)c(O)c2)cc1. The summed E-state index contributed by atoms with van der Waals surface area (Å²) >= 11 is 0. The molecule has 0 amide bonds. The average molecular weight is 272 g/mol. The van der Waals surface area contributed by atoms with Crippen molar-refractivity contribution in [3.05, 3.63) is 48.0 Å². The van der Waals surface area contributed by atoms with Crippen molar-refractivity contribution in [1.29, 1.82) is 0 Å². The van der Waals surface area contributed by atoms with Crippen LogP contribution in [0.25, 0.3) is 0 Å². The van der Waals surface area contributed by atoms with Crippen LogP contribution in [0.1, 0.15) is 5.56 Å². The zero-order chi connectivity index (χ0) is 14.4. The Bertz CT molecular complexity index is 595. The van der Waals surface area contributed by atoms with Gasteiger partial charge in [-0.25, -0.2) is 0 Å². The van der Waals surface area contributed by atoms with Crippen molar-refractivity contribution in [3.63, 3.8) is 0 Å². The van der Waals surface area contributed by atoms with Crippen molar-refractivity contribution in [2.75, 3.05) is 19.6 Å². The quantitative estimate of drug-likeness (QED) is 0.649. The summed E-state index contributed by atoms with van der Waals surface area (Å²) in [5.41, 5.74) is 4.51. The fourth-order valence-electron chi connectivity index (χ4n) is 1.63. The molecule has 0 saturated heterocycles. The lowest BCUT2D eigenvalue weighted by molar-refractivity contribution is 0.373. The topological polar surface area (TPSA) is 63.1 Å². The Balaban J connectivity index is 2.00. The van der Waals surface area contributed by atoms with Crippen LogP contribution in [0.2, 0.25) is 0 Å². The van der Waals surface area contributed by atoms with Crippen molar-refractivity contribution in [3.8, 4) is 17.2 Å². The molecule has 0 bridgehead atoms. The highest BCUT2D eigenvalue weighted by Gasteiger charge is 2.00. The van der Waals surface area contributed by atoms with Gasteiger partial charge in [-0.1, -0.05) is 0 Å². The third-order valence-electron chi connectivity index (χ3n) is 2.70. The van der Waals surface area contributed by atoms with Crippen molar-refractivity contribution >= 4 is 11.9 Å². The number of hydrazone groups is 1. The summed E-state index contributed by atoms with van der Waals surface area (Å²) in [5.74, 6) is 1.31. The number of methoxy groups -OCH3 is 2. The first kappa shape index (κ1) is 13.7. The molecule has 2 aromatic rings. The predicted molar refractivity (Wildman–Crippen MR) is 78.9 cm³/mol. The number of rotatable bonds is 5. The summed E-state index contributed by atoms with van der Waals surface area (Å²) in [6.45, 7) is 0. The van der Waals surface area contributed by atoms with E-state index in [1.807, 2.05) is 24.3 Å². The lowest BCUT2D eigenvalue weighted by Crippen LogP contribution is -1.91. The van der Waals surface area contributed by atoms with Crippen LogP contribution in [0.5, 0.6) is 17.2 Å². The number of phenols is 1. The first-order chi connectivity index (χ1) is 9.72. The number of phenolic OH excluding ortho intramolecular Hbond substituents is 1. The zero-order valence-corrected chi connectivity index (χ0v) is 11.3. The Hall–Kier alpha value is -2.69. The van der Waals surface area contributed by atoms with Gasteiger partial charge in [0.15, 0.2) is 11.5 Å². The van der Waals surface area contributed by atoms with Gasteiger partial charge in [0.05, 0.1) is 26.1 Å². The van der Waals surface area contributed by atoms with Gasteiger partial charge in [0.1, 0.15) is 5.75 Å². The van der Waals surface area contributed by atoms with E-state index in [1.165, 1.54) is 7.11 Å². The molecule has 0 aliphatic rings. The minimum atomic E-state index is 0.0842. The normalized spacial score (nSPS) is 10.5. The molecule has 0 fully saturated rings. The molecule has 0 aliphatic carbocycles. The molecule has 0 aromatic heterocycles. The van der Waals surface area contributed by atoms with Crippen molar-refractivity contribution in [2.24, 2.45) is 5.10 Å². The van der Waals surface area contributed by atoms with Crippen LogP contribution in [0.4, 0.5) is 5.69 Å². The first-order valence-corrected chi connectivity index (χ1v) is 6.03. The second kappa shape index (κ2) is 6.47. The van der Waals surface area contributed by atoms with Crippen LogP contribution >= 0.6 is 0 Å². The standard InChI is InChI=1S/C15H16N2O3/c1-19-13-6-4-12(5-7-13)17-16-10-11-3-8-15(20-2)14(18)9-11/h3-10,17-18H,1-2H3/b16-10+. The molecule has 0 unspecified atom stereocenters.